The highest BCUT2D eigenvalue weighted by Gasteiger charge is 2.36. The van der Waals surface area contributed by atoms with Gasteiger partial charge in [0.15, 0.2) is 0 Å². The quantitative estimate of drug-likeness (QED) is 0.903. The lowest BCUT2D eigenvalue weighted by molar-refractivity contribution is -0.119. The van der Waals surface area contributed by atoms with E-state index in [4.69, 9.17) is 10.5 Å². The number of halogens is 1. The van der Waals surface area contributed by atoms with E-state index in [-0.39, 0.29) is 30.2 Å². The molecule has 0 saturated carbocycles. The van der Waals surface area contributed by atoms with E-state index in [2.05, 4.69) is 0 Å². The highest BCUT2D eigenvalue weighted by Crippen LogP contribution is 2.24. The lowest BCUT2D eigenvalue weighted by atomic mass is 10.0. The van der Waals surface area contributed by atoms with Gasteiger partial charge in [-0.05, 0) is 30.7 Å². The Labute approximate surface area is 122 Å². The van der Waals surface area contributed by atoms with Gasteiger partial charge in [0.2, 0.25) is 5.91 Å². The molecule has 0 aromatic heterocycles. The Morgan fingerprint density at radius 3 is 2.71 bits per heavy atom. The molecule has 1 saturated heterocycles. The van der Waals surface area contributed by atoms with Crippen molar-refractivity contribution >= 4 is 11.8 Å². The van der Waals surface area contributed by atoms with E-state index >= 15 is 0 Å². The number of primary amides is 1. The Morgan fingerprint density at radius 2 is 2.14 bits per heavy atom. The molecular weight excluding hydrogens is 275 g/mol. The van der Waals surface area contributed by atoms with Crippen LogP contribution >= 0.6 is 0 Å². The molecular formula is C15H19FN2O3. The smallest absolute Gasteiger partial charge is 0.253 e. The number of aryl methyl sites for hydroxylation is 1. The fourth-order valence-corrected chi connectivity index (χ4v) is 2.69. The van der Waals surface area contributed by atoms with Crippen LogP contribution in [0.4, 0.5) is 4.39 Å². The number of nitrogens with two attached hydrogens (primary N) is 1. The van der Waals surface area contributed by atoms with Crippen LogP contribution in [0.1, 0.15) is 22.3 Å². The lowest BCUT2D eigenvalue weighted by Crippen LogP contribution is -2.30. The van der Waals surface area contributed by atoms with E-state index in [0.717, 1.165) is 0 Å². The molecule has 2 N–H and O–H groups in total. The molecule has 2 rings (SSSR count). The molecule has 1 aromatic rings. The number of nitrogens with zero attached hydrogens (tertiary/aromatic N) is 1. The van der Waals surface area contributed by atoms with Gasteiger partial charge in [0.25, 0.3) is 5.91 Å². The maximum atomic E-state index is 13.3. The summed E-state index contributed by atoms with van der Waals surface area (Å²) in [6.45, 7) is 2.43. The molecule has 0 aliphatic carbocycles. The number of methoxy groups -OCH3 is 1. The Kier molecular flexibility index (Phi) is 4.57. The van der Waals surface area contributed by atoms with E-state index < -0.39 is 5.91 Å². The Bertz CT molecular complexity index is 562. The van der Waals surface area contributed by atoms with Crippen LogP contribution in [0.15, 0.2) is 18.2 Å². The first-order valence-electron chi connectivity index (χ1n) is 6.79. The lowest BCUT2D eigenvalue weighted by Gasteiger charge is -2.16. The van der Waals surface area contributed by atoms with Gasteiger partial charge >= 0.3 is 0 Å². The van der Waals surface area contributed by atoms with Crippen molar-refractivity contribution in [1.29, 1.82) is 0 Å². The maximum Gasteiger partial charge on any atom is 0.253 e. The summed E-state index contributed by atoms with van der Waals surface area (Å²) in [5.41, 5.74) is 6.08. The highest BCUT2D eigenvalue weighted by atomic mass is 19.1. The van der Waals surface area contributed by atoms with Gasteiger partial charge in [-0.1, -0.05) is 0 Å². The van der Waals surface area contributed by atoms with Crippen LogP contribution in [0.2, 0.25) is 0 Å². The van der Waals surface area contributed by atoms with E-state index in [9.17, 15) is 14.0 Å². The number of carbonyl (C=O) groups excluding carboxylic acids is 2. The SMILES string of the molecule is CO[C@H]1CN(C(=O)c2ccc(F)c(C)c2)C[C@@H]1CC(N)=O. The molecule has 21 heavy (non-hydrogen) atoms. The zero-order valence-electron chi connectivity index (χ0n) is 12.1. The van der Waals surface area contributed by atoms with E-state index in [1.807, 2.05) is 0 Å². The second kappa shape index (κ2) is 6.22. The van der Waals surface area contributed by atoms with Crippen molar-refractivity contribution in [1.82, 2.24) is 4.90 Å². The summed E-state index contributed by atoms with van der Waals surface area (Å²) in [6.07, 6.45) is -0.0203. The molecule has 0 spiro atoms. The normalized spacial score (nSPS) is 21.6. The summed E-state index contributed by atoms with van der Waals surface area (Å²) in [7, 11) is 1.55. The van der Waals surface area contributed by atoms with Gasteiger partial charge in [-0.15, -0.1) is 0 Å². The van der Waals surface area contributed by atoms with Gasteiger partial charge in [0, 0.05) is 38.1 Å². The summed E-state index contributed by atoms with van der Waals surface area (Å²) in [6, 6.07) is 4.28. The Hall–Kier alpha value is -1.95. The van der Waals surface area contributed by atoms with Crippen molar-refractivity contribution in [3.8, 4) is 0 Å². The Morgan fingerprint density at radius 1 is 1.43 bits per heavy atom. The number of hydrogen-bond acceptors (Lipinski definition) is 3. The van der Waals surface area contributed by atoms with E-state index in [1.165, 1.54) is 18.2 Å². The van der Waals surface area contributed by atoms with Gasteiger partial charge in [0.1, 0.15) is 5.82 Å². The van der Waals surface area contributed by atoms with Gasteiger partial charge in [-0.2, -0.15) is 0 Å². The van der Waals surface area contributed by atoms with Crippen LogP contribution in [0.5, 0.6) is 0 Å². The minimum absolute atomic E-state index is 0.0991. The topological polar surface area (TPSA) is 72.6 Å². The van der Waals surface area contributed by atoms with Crippen LogP contribution in [0.3, 0.4) is 0 Å². The van der Waals surface area contributed by atoms with Crippen LogP contribution in [-0.4, -0.2) is 43.0 Å². The molecule has 2 amide bonds. The van der Waals surface area contributed by atoms with Gasteiger partial charge in [-0.25, -0.2) is 4.39 Å². The first-order valence-corrected chi connectivity index (χ1v) is 6.79. The molecule has 114 valence electrons. The first-order chi connectivity index (χ1) is 9.92. The van der Waals surface area contributed by atoms with E-state index in [0.29, 0.717) is 24.2 Å². The van der Waals surface area contributed by atoms with Gasteiger partial charge < -0.3 is 15.4 Å². The molecule has 5 nitrogen and oxygen atoms in total. The van der Waals surface area contributed by atoms with Gasteiger partial charge in [-0.3, -0.25) is 9.59 Å². The molecule has 1 aliphatic heterocycles. The van der Waals surface area contributed by atoms with Crippen molar-refractivity contribution in [3.63, 3.8) is 0 Å². The van der Waals surface area contributed by atoms with Crippen molar-refractivity contribution in [3.05, 3.63) is 35.1 Å². The third-order valence-corrected chi connectivity index (χ3v) is 3.84. The summed E-state index contributed by atoms with van der Waals surface area (Å²) in [4.78, 5) is 25.1. The monoisotopic (exact) mass is 294 g/mol. The number of hydrogen-bond donors (Lipinski definition) is 1. The summed E-state index contributed by atoms with van der Waals surface area (Å²) in [5, 5.41) is 0. The molecule has 1 aliphatic rings. The minimum atomic E-state index is -0.408. The molecule has 1 fully saturated rings. The summed E-state index contributed by atoms with van der Waals surface area (Å²) >= 11 is 0. The van der Waals surface area contributed by atoms with Crippen molar-refractivity contribution in [2.75, 3.05) is 20.2 Å². The van der Waals surface area contributed by atoms with Crippen LogP contribution < -0.4 is 5.73 Å². The number of likely N-dealkylation sites (tertiary alicyclic amines) is 1. The van der Waals surface area contributed by atoms with Gasteiger partial charge in [0.05, 0.1) is 6.10 Å². The Balaban J connectivity index is 2.13. The largest absolute Gasteiger partial charge is 0.379 e. The predicted octanol–water partition coefficient (Wildman–Crippen LogP) is 1.10. The second-order valence-electron chi connectivity index (χ2n) is 5.38. The molecule has 0 bridgehead atoms. The first kappa shape index (κ1) is 15.4. The number of ether oxygens (including phenoxy) is 1. The molecule has 0 radical (unpaired) electrons. The molecule has 0 unspecified atom stereocenters. The maximum absolute atomic E-state index is 13.3. The fourth-order valence-electron chi connectivity index (χ4n) is 2.69. The van der Waals surface area contributed by atoms with Crippen molar-refractivity contribution < 1.29 is 18.7 Å². The number of benzene rings is 1. The van der Waals surface area contributed by atoms with Crippen LogP contribution in [-0.2, 0) is 9.53 Å². The molecule has 1 heterocycles. The third-order valence-electron chi connectivity index (χ3n) is 3.84. The second-order valence-corrected chi connectivity index (χ2v) is 5.38. The zero-order chi connectivity index (χ0) is 15.6. The van der Waals surface area contributed by atoms with Crippen molar-refractivity contribution in [2.45, 2.75) is 19.4 Å². The average molecular weight is 294 g/mol. The highest BCUT2D eigenvalue weighted by molar-refractivity contribution is 5.94. The van der Waals surface area contributed by atoms with Crippen LogP contribution in [0.25, 0.3) is 0 Å². The molecule has 6 heteroatoms. The zero-order valence-corrected chi connectivity index (χ0v) is 12.1. The van der Waals surface area contributed by atoms with Crippen LogP contribution in [0, 0.1) is 18.7 Å². The third kappa shape index (κ3) is 3.39. The predicted molar refractivity (Wildman–Crippen MR) is 75.1 cm³/mol. The number of carbonyl (C=O) groups is 2. The standard InChI is InChI=1S/C15H19FN2O3/c1-9-5-10(3-4-12(9)16)15(20)18-7-11(6-14(17)19)13(8-18)21-2/h3-5,11,13H,6-8H2,1-2H3,(H2,17,19)/t11-,13-/m0/s1. The molecule has 2 atom stereocenters. The number of amides is 2. The summed E-state index contributed by atoms with van der Waals surface area (Å²) in [5.74, 6) is -1.03. The number of rotatable bonds is 4. The van der Waals surface area contributed by atoms with E-state index in [1.54, 1.807) is 18.9 Å². The summed E-state index contributed by atoms with van der Waals surface area (Å²) < 4.78 is 18.6. The average Bonchev–Trinajstić information content (AvgIpc) is 2.83. The minimum Gasteiger partial charge on any atom is -0.379 e. The molecule has 1 aromatic carbocycles. The fraction of sp³-hybridized carbons (Fsp3) is 0.467. The van der Waals surface area contributed by atoms with Crippen molar-refractivity contribution in [2.24, 2.45) is 11.7 Å².